The van der Waals surface area contributed by atoms with Crippen LogP contribution in [-0.2, 0) is 14.9 Å². The Kier molecular flexibility index (Phi) is 4.30. The molecule has 0 bridgehead atoms. The monoisotopic (exact) mass is 251 g/mol. The molecule has 6 nitrogen and oxygen atoms in total. The molecule has 0 amide bonds. The van der Waals surface area contributed by atoms with Gasteiger partial charge in [-0.2, -0.15) is 17.4 Å². The highest BCUT2D eigenvalue weighted by Gasteiger charge is 2.34. The van der Waals surface area contributed by atoms with Gasteiger partial charge in [0.1, 0.15) is 0 Å². The molecule has 0 aromatic carbocycles. The van der Waals surface area contributed by atoms with Gasteiger partial charge in [0.15, 0.2) is 0 Å². The maximum atomic E-state index is 12.1. The van der Waals surface area contributed by atoms with E-state index >= 15 is 0 Å². The fourth-order valence-corrected chi connectivity index (χ4v) is 3.33. The molecular weight excluding hydrogens is 230 g/mol. The van der Waals surface area contributed by atoms with Crippen molar-refractivity contribution in [2.75, 3.05) is 26.3 Å². The minimum atomic E-state index is -3.48. The lowest BCUT2D eigenvalue weighted by molar-refractivity contribution is 0.0349. The summed E-state index contributed by atoms with van der Waals surface area (Å²) in [5.74, 6) is 0. The van der Waals surface area contributed by atoms with E-state index in [-0.39, 0.29) is 12.6 Å². The number of nitrogens with zero attached hydrogens (tertiary/aromatic N) is 1. The van der Waals surface area contributed by atoms with Gasteiger partial charge in [-0.15, -0.1) is 0 Å². The molecule has 0 aliphatic carbocycles. The lowest BCUT2D eigenvalue weighted by Gasteiger charge is -2.35. The number of nitrogens with one attached hydrogen (secondary N) is 1. The Morgan fingerprint density at radius 3 is 2.62 bits per heavy atom. The van der Waals surface area contributed by atoms with Gasteiger partial charge < -0.3 is 10.5 Å². The van der Waals surface area contributed by atoms with Crippen LogP contribution in [0.15, 0.2) is 0 Å². The van der Waals surface area contributed by atoms with Crippen molar-refractivity contribution in [3.05, 3.63) is 0 Å². The molecule has 3 N–H and O–H groups in total. The maximum Gasteiger partial charge on any atom is 0.280 e. The van der Waals surface area contributed by atoms with E-state index in [1.165, 1.54) is 4.31 Å². The van der Waals surface area contributed by atoms with Crippen LogP contribution in [0.2, 0.25) is 0 Å². The summed E-state index contributed by atoms with van der Waals surface area (Å²) in [5.41, 5.74) is 5.05. The third kappa shape index (κ3) is 3.67. The van der Waals surface area contributed by atoms with Crippen LogP contribution >= 0.6 is 0 Å². The first kappa shape index (κ1) is 13.9. The fraction of sp³-hybridized carbons (Fsp3) is 1.00. The van der Waals surface area contributed by atoms with Crippen molar-refractivity contribution >= 4 is 10.2 Å². The van der Waals surface area contributed by atoms with Crippen LogP contribution in [0.4, 0.5) is 0 Å². The summed E-state index contributed by atoms with van der Waals surface area (Å²) in [4.78, 5) is 0. The number of rotatable bonds is 3. The van der Waals surface area contributed by atoms with Crippen molar-refractivity contribution in [3.8, 4) is 0 Å². The third-order valence-electron chi connectivity index (χ3n) is 2.19. The summed E-state index contributed by atoms with van der Waals surface area (Å²) in [6, 6.07) is -0.270. The first-order chi connectivity index (χ1) is 7.26. The number of morpholine rings is 1. The van der Waals surface area contributed by atoms with E-state index in [1.54, 1.807) is 0 Å². The Labute approximate surface area is 97.3 Å². The topological polar surface area (TPSA) is 84.7 Å². The summed E-state index contributed by atoms with van der Waals surface area (Å²) in [7, 11) is -3.48. The second kappa shape index (κ2) is 4.97. The minimum absolute atomic E-state index is 0.269. The van der Waals surface area contributed by atoms with Crippen LogP contribution in [0.5, 0.6) is 0 Å². The molecule has 0 aromatic rings. The molecule has 96 valence electrons. The van der Waals surface area contributed by atoms with Gasteiger partial charge in [-0.05, 0) is 20.8 Å². The average molecular weight is 251 g/mol. The number of nitrogens with two attached hydrogens (primary N) is 1. The lowest BCUT2D eigenvalue weighted by atomic mass is 10.1. The Morgan fingerprint density at radius 1 is 1.50 bits per heavy atom. The smallest absolute Gasteiger partial charge is 0.280 e. The van der Waals surface area contributed by atoms with Gasteiger partial charge in [0.2, 0.25) is 0 Å². The quantitative estimate of drug-likeness (QED) is 0.693. The maximum absolute atomic E-state index is 12.1. The Hall–Kier alpha value is -0.210. The van der Waals surface area contributed by atoms with Gasteiger partial charge in [0.25, 0.3) is 10.2 Å². The van der Waals surface area contributed by atoms with Gasteiger partial charge in [0.05, 0.1) is 19.3 Å². The molecule has 1 atom stereocenters. The zero-order chi connectivity index (χ0) is 12.4. The van der Waals surface area contributed by atoms with E-state index in [4.69, 9.17) is 10.5 Å². The highest BCUT2D eigenvalue weighted by Crippen LogP contribution is 2.13. The first-order valence-corrected chi connectivity index (χ1v) is 6.79. The van der Waals surface area contributed by atoms with Gasteiger partial charge >= 0.3 is 0 Å². The molecule has 1 rings (SSSR count). The standard InChI is InChI=1S/C9H21N3O3S/c1-9(2,3)11-16(13,14)12-4-5-15-7-8(12)6-10/h8,11H,4-7,10H2,1-3H3. The minimum Gasteiger partial charge on any atom is -0.378 e. The van der Waals surface area contributed by atoms with Crippen LogP contribution in [0.25, 0.3) is 0 Å². The van der Waals surface area contributed by atoms with E-state index in [9.17, 15) is 8.42 Å². The van der Waals surface area contributed by atoms with Crippen molar-refractivity contribution in [2.45, 2.75) is 32.4 Å². The average Bonchev–Trinajstić information content (AvgIpc) is 2.14. The van der Waals surface area contributed by atoms with Crippen LogP contribution in [0.1, 0.15) is 20.8 Å². The zero-order valence-electron chi connectivity index (χ0n) is 10.1. The van der Waals surface area contributed by atoms with E-state index in [0.29, 0.717) is 19.8 Å². The van der Waals surface area contributed by atoms with Gasteiger partial charge in [0, 0.05) is 18.6 Å². The molecule has 16 heavy (non-hydrogen) atoms. The summed E-state index contributed by atoms with van der Waals surface area (Å²) in [6.07, 6.45) is 0. The van der Waals surface area contributed by atoms with Crippen molar-refractivity contribution in [2.24, 2.45) is 5.73 Å². The molecular formula is C9H21N3O3S. The normalized spacial score (nSPS) is 24.6. The molecule has 7 heteroatoms. The first-order valence-electron chi connectivity index (χ1n) is 5.35. The van der Waals surface area contributed by atoms with Gasteiger partial charge in [-0.25, -0.2) is 0 Å². The second-order valence-corrected chi connectivity index (χ2v) is 6.56. The Balaban J connectivity index is 2.80. The molecule has 0 spiro atoms. The van der Waals surface area contributed by atoms with E-state index in [0.717, 1.165) is 0 Å². The summed E-state index contributed by atoms with van der Waals surface area (Å²) in [6.45, 7) is 6.83. The molecule has 1 aliphatic heterocycles. The van der Waals surface area contributed by atoms with Gasteiger partial charge in [-0.3, -0.25) is 0 Å². The SMILES string of the molecule is CC(C)(C)NS(=O)(=O)N1CCOCC1CN. The summed E-state index contributed by atoms with van der Waals surface area (Å²) >= 11 is 0. The summed E-state index contributed by atoms with van der Waals surface area (Å²) < 4.78 is 33.4. The Morgan fingerprint density at radius 2 is 2.12 bits per heavy atom. The number of ether oxygens (including phenoxy) is 1. The van der Waals surface area contributed by atoms with Crippen molar-refractivity contribution in [3.63, 3.8) is 0 Å². The van der Waals surface area contributed by atoms with Crippen LogP contribution < -0.4 is 10.5 Å². The van der Waals surface area contributed by atoms with Crippen LogP contribution in [0, 0.1) is 0 Å². The van der Waals surface area contributed by atoms with Crippen LogP contribution in [0.3, 0.4) is 0 Å². The van der Waals surface area contributed by atoms with E-state index in [2.05, 4.69) is 4.72 Å². The van der Waals surface area contributed by atoms with Crippen molar-refractivity contribution in [1.82, 2.24) is 9.03 Å². The molecule has 0 saturated carbocycles. The van der Waals surface area contributed by atoms with E-state index < -0.39 is 15.7 Å². The Bertz CT molecular complexity index is 323. The predicted octanol–water partition coefficient (Wildman–Crippen LogP) is -0.721. The van der Waals surface area contributed by atoms with Crippen molar-refractivity contribution < 1.29 is 13.2 Å². The lowest BCUT2D eigenvalue weighted by Crippen LogP contribution is -2.58. The highest BCUT2D eigenvalue weighted by molar-refractivity contribution is 7.87. The van der Waals surface area contributed by atoms with Crippen molar-refractivity contribution in [1.29, 1.82) is 0 Å². The molecule has 0 aromatic heterocycles. The highest BCUT2D eigenvalue weighted by atomic mass is 32.2. The third-order valence-corrected chi connectivity index (χ3v) is 4.16. The largest absolute Gasteiger partial charge is 0.378 e. The fourth-order valence-electron chi connectivity index (χ4n) is 1.59. The predicted molar refractivity (Wildman–Crippen MR) is 62.2 cm³/mol. The summed E-state index contributed by atoms with van der Waals surface area (Å²) in [5, 5.41) is 0. The van der Waals surface area contributed by atoms with Crippen LogP contribution in [-0.4, -0.2) is 50.6 Å². The zero-order valence-corrected chi connectivity index (χ0v) is 10.9. The number of hydrogen-bond donors (Lipinski definition) is 2. The molecule has 1 saturated heterocycles. The molecule has 0 radical (unpaired) electrons. The molecule has 1 fully saturated rings. The molecule has 1 heterocycles. The second-order valence-electron chi connectivity index (χ2n) is 4.93. The van der Waals surface area contributed by atoms with E-state index in [1.807, 2.05) is 20.8 Å². The number of hydrogen-bond acceptors (Lipinski definition) is 4. The molecule has 1 aliphatic rings. The van der Waals surface area contributed by atoms with Gasteiger partial charge in [-0.1, -0.05) is 0 Å². The molecule has 1 unspecified atom stereocenters.